The zero-order valence-electron chi connectivity index (χ0n) is 11.6. The Kier molecular flexibility index (Phi) is 3.38. The van der Waals surface area contributed by atoms with Crippen LogP contribution in [0.1, 0.15) is 22.3 Å². The molecule has 0 unspecified atom stereocenters. The molecule has 0 atom stereocenters. The van der Waals surface area contributed by atoms with Crippen molar-refractivity contribution in [2.24, 2.45) is 0 Å². The second kappa shape index (κ2) is 4.84. The first-order valence-electron chi connectivity index (χ1n) is 6.16. The lowest BCUT2D eigenvalue weighted by atomic mass is 10.1. The van der Waals surface area contributed by atoms with Crippen LogP contribution in [0.15, 0.2) is 24.3 Å². The molecule has 0 fully saturated rings. The van der Waals surface area contributed by atoms with Gasteiger partial charge in [0.15, 0.2) is 0 Å². The van der Waals surface area contributed by atoms with E-state index in [0.29, 0.717) is 11.5 Å². The Bertz CT molecular complexity index is 528. The number of phenolic OH excluding ortho intramolecular Hbond substituents is 2. The van der Waals surface area contributed by atoms with Crippen molar-refractivity contribution in [2.45, 2.75) is 27.7 Å². The molecule has 3 heteroatoms. The van der Waals surface area contributed by atoms with Crippen LogP contribution in [0.25, 0.3) is 0 Å². The topological polar surface area (TPSA) is 49.7 Å². The lowest BCUT2D eigenvalue weighted by Gasteiger charge is -2.12. The number of rotatable bonds is 2. The first-order valence-corrected chi connectivity index (χ1v) is 6.16. The highest BCUT2D eigenvalue weighted by atomic mass is 16.5. The zero-order valence-corrected chi connectivity index (χ0v) is 11.6. The second-order valence-corrected chi connectivity index (χ2v) is 4.87. The average Bonchev–Trinajstić information content (AvgIpc) is 2.33. The number of hydrogen-bond donors (Lipinski definition) is 2. The Balaban J connectivity index is 2.36. The van der Waals surface area contributed by atoms with Gasteiger partial charge in [0.1, 0.15) is 23.0 Å². The van der Waals surface area contributed by atoms with Gasteiger partial charge in [0.25, 0.3) is 0 Å². The number of phenols is 2. The van der Waals surface area contributed by atoms with Crippen molar-refractivity contribution in [3.63, 3.8) is 0 Å². The molecule has 0 amide bonds. The molecule has 0 saturated carbocycles. The minimum absolute atomic E-state index is 0.211. The quantitative estimate of drug-likeness (QED) is 0.851. The molecule has 0 bridgehead atoms. The summed E-state index contributed by atoms with van der Waals surface area (Å²) in [5, 5.41) is 19.6. The molecular formula is C16H18O3. The van der Waals surface area contributed by atoms with E-state index >= 15 is 0 Å². The molecule has 2 aromatic rings. The molecule has 100 valence electrons. The van der Waals surface area contributed by atoms with Crippen LogP contribution in [0.5, 0.6) is 23.0 Å². The van der Waals surface area contributed by atoms with Crippen LogP contribution in [0.3, 0.4) is 0 Å². The van der Waals surface area contributed by atoms with E-state index in [1.807, 2.05) is 39.8 Å². The maximum Gasteiger partial charge on any atom is 0.131 e. The van der Waals surface area contributed by atoms with Gasteiger partial charge >= 0.3 is 0 Å². The molecular weight excluding hydrogens is 240 g/mol. The van der Waals surface area contributed by atoms with E-state index in [9.17, 15) is 10.2 Å². The highest BCUT2D eigenvalue weighted by Crippen LogP contribution is 2.33. The van der Waals surface area contributed by atoms with Crippen molar-refractivity contribution < 1.29 is 14.9 Å². The molecule has 0 saturated heterocycles. The summed E-state index contributed by atoms with van der Waals surface area (Å²) in [6.45, 7) is 7.55. The Morgan fingerprint density at radius 1 is 0.684 bits per heavy atom. The number of aryl methyl sites for hydroxylation is 2. The SMILES string of the molecule is Cc1cc(Oc2cc(C)c(C)c(O)c2)cc(O)c1C. The van der Waals surface area contributed by atoms with Crippen LogP contribution in [0.2, 0.25) is 0 Å². The van der Waals surface area contributed by atoms with Gasteiger partial charge in [-0.25, -0.2) is 0 Å². The van der Waals surface area contributed by atoms with Gasteiger partial charge in [-0.1, -0.05) is 0 Å². The molecule has 19 heavy (non-hydrogen) atoms. The standard InChI is InChI=1S/C16H18O3/c1-9-5-13(7-15(17)11(9)3)19-14-6-10(2)12(4)16(18)8-14/h5-8,17-18H,1-4H3. The fourth-order valence-corrected chi connectivity index (χ4v) is 1.87. The average molecular weight is 258 g/mol. The first-order chi connectivity index (χ1) is 8.88. The van der Waals surface area contributed by atoms with Crippen molar-refractivity contribution >= 4 is 0 Å². The lowest BCUT2D eigenvalue weighted by Crippen LogP contribution is -1.90. The summed E-state index contributed by atoms with van der Waals surface area (Å²) in [5.41, 5.74) is 3.61. The summed E-state index contributed by atoms with van der Waals surface area (Å²) in [6.07, 6.45) is 0. The molecule has 0 aromatic heterocycles. The van der Waals surface area contributed by atoms with Gasteiger partial charge < -0.3 is 14.9 Å². The highest BCUT2D eigenvalue weighted by Gasteiger charge is 2.08. The minimum atomic E-state index is 0.211. The molecule has 2 aromatic carbocycles. The third-order valence-electron chi connectivity index (χ3n) is 3.46. The third kappa shape index (κ3) is 2.65. The van der Waals surface area contributed by atoms with Gasteiger partial charge in [0.05, 0.1) is 0 Å². The van der Waals surface area contributed by atoms with Crippen molar-refractivity contribution in [3.8, 4) is 23.0 Å². The van der Waals surface area contributed by atoms with Crippen molar-refractivity contribution in [3.05, 3.63) is 46.5 Å². The summed E-state index contributed by atoms with van der Waals surface area (Å²) < 4.78 is 5.69. The van der Waals surface area contributed by atoms with E-state index in [4.69, 9.17) is 4.74 Å². The Hall–Kier alpha value is -2.16. The smallest absolute Gasteiger partial charge is 0.131 e. The van der Waals surface area contributed by atoms with Gasteiger partial charge in [-0.05, 0) is 62.1 Å². The summed E-state index contributed by atoms with van der Waals surface area (Å²) in [5.74, 6) is 1.54. The molecule has 0 aliphatic rings. The van der Waals surface area contributed by atoms with E-state index in [2.05, 4.69) is 0 Å². The van der Waals surface area contributed by atoms with Gasteiger partial charge in [-0.3, -0.25) is 0 Å². The number of ether oxygens (including phenoxy) is 1. The maximum absolute atomic E-state index is 9.78. The Labute approximate surface area is 113 Å². The van der Waals surface area contributed by atoms with Crippen molar-refractivity contribution in [2.75, 3.05) is 0 Å². The molecule has 2 rings (SSSR count). The van der Waals surface area contributed by atoms with Gasteiger partial charge in [0.2, 0.25) is 0 Å². The Morgan fingerprint density at radius 3 is 1.37 bits per heavy atom. The number of hydrogen-bond acceptors (Lipinski definition) is 3. The van der Waals surface area contributed by atoms with E-state index in [0.717, 1.165) is 22.3 Å². The highest BCUT2D eigenvalue weighted by molar-refractivity contribution is 5.48. The Morgan fingerprint density at radius 2 is 1.05 bits per heavy atom. The fraction of sp³-hybridized carbons (Fsp3) is 0.250. The third-order valence-corrected chi connectivity index (χ3v) is 3.46. The normalized spacial score (nSPS) is 10.5. The van der Waals surface area contributed by atoms with Crippen LogP contribution < -0.4 is 4.74 Å². The van der Waals surface area contributed by atoms with Gasteiger partial charge in [-0.2, -0.15) is 0 Å². The van der Waals surface area contributed by atoms with Gasteiger partial charge in [-0.15, -0.1) is 0 Å². The predicted octanol–water partition coefficient (Wildman–Crippen LogP) is 4.12. The van der Waals surface area contributed by atoms with E-state index in [-0.39, 0.29) is 11.5 Å². The summed E-state index contributed by atoms with van der Waals surface area (Å²) in [4.78, 5) is 0. The molecule has 2 N–H and O–H groups in total. The molecule has 0 radical (unpaired) electrons. The fourth-order valence-electron chi connectivity index (χ4n) is 1.87. The summed E-state index contributed by atoms with van der Waals surface area (Å²) in [7, 11) is 0. The largest absolute Gasteiger partial charge is 0.508 e. The van der Waals surface area contributed by atoms with E-state index < -0.39 is 0 Å². The molecule has 0 aliphatic heterocycles. The van der Waals surface area contributed by atoms with Crippen LogP contribution in [-0.2, 0) is 0 Å². The molecule has 0 aliphatic carbocycles. The zero-order chi connectivity index (χ0) is 14.2. The monoisotopic (exact) mass is 258 g/mol. The number of aromatic hydroxyl groups is 2. The summed E-state index contributed by atoms with van der Waals surface area (Å²) in [6, 6.07) is 6.88. The van der Waals surface area contributed by atoms with Crippen molar-refractivity contribution in [1.82, 2.24) is 0 Å². The molecule has 0 spiro atoms. The predicted molar refractivity (Wildman–Crippen MR) is 75.2 cm³/mol. The van der Waals surface area contributed by atoms with Crippen molar-refractivity contribution in [1.29, 1.82) is 0 Å². The van der Waals surface area contributed by atoms with Crippen LogP contribution in [-0.4, -0.2) is 10.2 Å². The van der Waals surface area contributed by atoms with Crippen LogP contribution >= 0.6 is 0 Å². The number of benzene rings is 2. The first kappa shape index (κ1) is 13.3. The second-order valence-electron chi connectivity index (χ2n) is 4.87. The molecule has 3 nitrogen and oxygen atoms in total. The molecule has 0 heterocycles. The van der Waals surface area contributed by atoms with E-state index in [1.165, 1.54) is 0 Å². The lowest BCUT2D eigenvalue weighted by molar-refractivity contribution is 0.442. The maximum atomic E-state index is 9.78. The van der Waals surface area contributed by atoms with E-state index in [1.54, 1.807) is 12.1 Å². The van der Waals surface area contributed by atoms with Crippen LogP contribution in [0.4, 0.5) is 0 Å². The summed E-state index contributed by atoms with van der Waals surface area (Å²) >= 11 is 0. The van der Waals surface area contributed by atoms with Crippen LogP contribution in [0, 0.1) is 27.7 Å². The van der Waals surface area contributed by atoms with Gasteiger partial charge in [0, 0.05) is 12.1 Å². The minimum Gasteiger partial charge on any atom is -0.508 e.